The van der Waals surface area contributed by atoms with Crippen molar-refractivity contribution in [3.05, 3.63) is 33.4 Å². The van der Waals surface area contributed by atoms with Gasteiger partial charge in [-0.05, 0) is 18.1 Å². The quantitative estimate of drug-likeness (QED) is 0.343. The summed E-state index contributed by atoms with van der Waals surface area (Å²) in [6, 6.07) is 0. The van der Waals surface area contributed by atoms with Crippen LogP contribution in [0.25, 0.3) is 0 Å². The lowest BCUT2D eigenvalue weighted by atomic mass is 9.69. The number of hydrogen-bond acceptors (Lipinski definition) is 10. The Kier molecular flexibility index (Phi) is 5.38. The average Bonchev–Trinajstić information content (AvgIpc) is 3.28. The molecule has 10 nitrogen and oxygen atoms in total. The van der Waals surface area contributed by atoms with Gasteiger partial charge in [0.1, 0.15) is 6.10 Å². The summed E-state index contributed by atoms with van der Waals surface area (Å²) in [5.41, 5.74) is -1.61. The molecule has 0 N–H and O–H groups in total. The van der Waals surface area contributed by atoms with E-state index in [0.717, 1.165) is 28.4 Å². The maximum atomic E-state index is 12.8. The van der Waals surface area contributed by atoms with Crippen LogP contribution in [0.3, 0.4) is 0 Å². The van der Waals surface area contributed by atoms with Crippen LogP contribution < -0.4 is 0 Å². The molecule has 1 aliphatic carbocycles. The van der Waals surface area contributed by atoms with E-state index in [1.54, 1.807) is 0 Å². The van der Waals surface area contributed by atoms with E-state index in [1.165, 1.54) is 6.92 Å². The van der Waals surface area contributed by atoms with Gasteiger partial charge in [-0.3, -0.25) is 4.79 Å². The highest BCUT2D eigenvalue weighted by Gasteiger charge is 2.65. The normalized spacial score (nSPS) is 24.5. The highest BCUT2D eigenvalue weighted by Crippen LogP contribution is 2.57. The fourth-order valence-corrected chi connectivity index (χ4v) is 4.27. The van der Waals surface area contributed by atoms with E-state index >= 15 is 0 Å². The standard InChI is InChI=1S/C20H20O10/c1-8(21)20-12-7-10(17(23)27-3)9(16(22)26-2)6-11(12)15(30-20)13(18(24)28-4)14(20)19(25)29-5/h15H,6-7H2,1-5H3. The fourth-order valence-electron chi connectivity index (χ4n) is 4.27. The van der Waals surface area contributed by atoms with Crippen LogP contribution in [0, 0.1) is 0 Å². The largest absolute Gasteiger partial charge is 0.466 e. The van der Waals surface area contributed by atoms with Gasteiger partial charge in [0, 0.05) is 12.8 Å². The zero-order chi connectivity index (χ0) is 22.4. The van der Waals surface area contributed by atoms with Gasteiger partial charge in [-0.2, -0.15) is 0 Å². The Morgan fingerprint density at radius 2 is 1.30 bits per heavy atom. The Balaban J connectivity index is 2.23. The van der Waals surface area contributed by atoms with Crippen LogP contribution in [0.5, 0.6) is 0 Å². The molecule has 160 valence electrons. The summed E-state index contributed by atoms with van der Waals surface area (Å²) in [4.78, 5) is 62.5. The van der Waals surface area contributed by atoms with Gasteiger partial charge in [0.2, 0.25) is 0 Å². The molecular formula is C20H20O10. The zero-order valence-electron chi connectivity index (χ0n) is 17.1. The smallest absolute Gasteiger partial charge is 0.338 e. The van der Waals surface area contributed by atoms with Crippen LogP contribution in [-0.4, -0.2) is 69.8 Å². The van der Waals surface area contributed by atoms with Crippen LogP contribution in [0.4, 0.5) is 0 Å². The predicted octanol–water partition coefficient (Wildman–Crippen LogP) is 0.102. The van der Waals surface area contributed by atoms with Crippen LogP contribution in [0.2, 0.25) is 0 Å². The van der Waals surface area contributed by atoms with Gasteiger partial charge < -0.3 is 23.7 Å². The zero-order valence-corrected chi connectivity index (χ0v) is 17.1. The van der Waals surface area contributed by atoms with Crippen molar-refractivity contribution in [2.45, 2.75) is 31.5 Å². The average molecular weight is 420 g/mol. The Hall–Kier alpha value is -3.27. The Morgan fingerprint density at radius 3 is 1.77 bits per heavy atom. The number of fused-ring (bicyclic) bond motifs is 4. The van der Waals surface area contributed by atoms with Crippen LogP contribution in [0.1, 0.15) is 19.8 Å². The second-order valence-electron chi connectivity index (χ2n) is 6.80. The van der Waals surface area contributed by atoms with Crippen molar-refractivity contribution in [2.24, 2.45) is 0 Å². The van der Waals surface area contributed by atoms with E-state index in [0.29, 0.717) is 11.1 Å². The number of esters is 4. The molecule has 2 heterocycles. The molecule has 0 saturated carbocycles. The second kappa shape index (κ2) is 7.52. The first-order valence-corrected chi connectivity index (χ1v) is 8.90. The van der Waals surface area contributed by atoms with Crippen molar-refractivity contribution >= 4 is 29.7 Å². The molecule has 0 radical (unpaired) electrons. The van der Waals surface area contributed by atoms with Gasteiger partial charge in [0.05, 0.1) is 50.7 Å². The third-order valence-corrected chi connectivity index (χ3v) is 5.55. The molecule has 0 fully saturated rings. The molecule has 2 atom stereocenters. The highest BCUT2D eigenvalue weighted by atomic mass is 16.6. The van der Waals surface area contributed by atoms with Crippen molar-refractivity contribution in [1.82, 2.24) is 0 Å². The summed E-state index contributed by atoms with van der Waals surface area (Å²) < 4.78 is 25.1. The molecule has 3 rings (SSSR count). The predicted molar refractivity (Wildman–Crippen MR) is 96.7 cm³/mol. The van der Waals surface area contributed by atoms with E-state index in [2.05, 4.69) is 0 Å². The molecule has 0 aromatic rings. The molecule has 30 heavy (non-hydrogen) atoms. The maximum absolute atomic E-state index is 12.8. The topological polar surface area (TPSA) is 132 Å². The first kappa shape index (κ1) is 21.4. The number of Topliss-reactive ketones (excluding diaryl/α,β-unsaturated/α-hetero) is 1. The summed E-state index contributed by atoms with van der Waals surface area (Å²) in [5.74, 6) is -3.90. The lowest BCUT2D eigenvalue weighted by Crippen LogP contribution is -2.44. The van der Waals surface area contributed by atoms with Gasteiger partial charge in [0.15, 0.2) is 11.4 Å². The van der Waals surface area contributed by atoms with Gasteiger partial charge in [-0.15, -0.1) is 0 Å². The first-order valence-electron chi connectivity index (χ1n) is 8.90. The summed E-state index contributed by atoms with van der Waals surface area (Å²) in [6.07, 6.45) is -1.43. The number of methoxy groups -OCH3 is 4. The van der Waals surface area contributed by atoms with E-state index < -0.39 is 41.4 Å². The number of rotatable bonds is 5. The SMILES string of the molecule is COC(=O)C1=C(C(=O)OC)CC2=C(C1)C1OC2(C(C)=O)C(C(=O)OC)=C1C(=O)OC. The summed E-state index contributed by atoms with van der Waals surface area (Å²) >= 11 is 0. The minimum absolute atomic E-state index is 0.0105. The number of ketones is 1. The molecule has 10 heteroatoms. The van der Waals surface area contributed by atoms with Gasteiger partial charge in [0.25, 0.3) is 0 Å². The molecule has 0 aromatic heterocycles. The van der Waals surface area contributed by atoms with Crippen molar-refractivity contribution in [3.63, 3.8) is 0 Å². The lowest BCUT2D eigenvalue weighted by molar-refractivity contribution is -0.142. The molecular weight excluding hydrogens is 400 g/mol. The Bertz CT molecular complexity index is 980. The lowest BCUT2D eigenvalue weighted by Gasteiger charge is -2.32. The number of carbonyl (C=O) groups excluding carboxylic acids is 5. The summed E-state index contributed by atoms with van der Waals surface area (Å²) in [5, 5.41) is 0. The van der Waals surface area contributed by atoms with E-state index in [9.17, 15) is 24.0 Å². The van der Waals surface area contributed by atoms with Gasteiger partial charge in [-0.25, -0.2) is 19.2 Å². The summed E-state index contributed by atoms with van der Waals surface area (Å²) in [6.45, 7) is 1.20. The third kappa shape index (κ3) is 2.71. The Morgan fingerprint density at radius 1 is 0.800 bits per heavy atom. The third-order valence-electron chi connectivity index (χ3n) is 5.55. The molecule has 2 unspecified atom stereocenters. The second-order valence-corrected chi connectivity index (χ2v) is 6.80. The van der Waals surface area contributed by atoms with Gasteiger partial charge >= 0.3 is 23.9 Å². The number of carbonyl (C=O) groups is 5. The van der Waals surface area contributed by atoms with Crippen LogP contribution in [0.15, 0.2) is 33.4 Å². The molecule has 2 bridgehead atoms. The minimum atomic E-state index is -1.92. The number of ether oxygens (including phenoxy) is 5. The molecule has 3 aliphatic rings. The summed E-state index contributed by atoms with van der Waals surface area (Å²) in [7, 11) is 4.55. The molecule has 0 saturated heterocycles. The Labute approximate surface area is 171 Å². The van der Waals surface area contributed by atoms with E-state index in [4.69, 9.17) is 23.7 Å². The van der Waals surface area contributed by atoms with Crippen molar-refractivity contribution in [3.8, 4) is 0 Å². The van der Waals surface area contributed by atoms with Crippen molar-refractivity contribution < 1.29 is 47.7 Å². The number of hydrogen-bond donors (Lipinski definition) is 0. The van der Waals surface area contributed by atoms with Crippen LogP contribution >= 0.6 is 0 Å². The molecule has 0 spiro atoms. The molecule has 2 aliphatic heterocycles. The van der Waals surface area contributed by atoms with E-state index in [-0.39, 0.29) is 35.1 Å². The van der Waals surface area contributed by atoms with Crippen LogP contribution in [-0.2, 0) is 47.7 Å². The first-order chi connectivity index (χ1) is 14.2. The van der Waals surface area contributed by atoms with Crippen molar-refractivity contribution in [2.75, 3.05) is 28.4 Å². The molecule has 0 aromatic carbocycles. The van der Waals surface area contributed by atoms with Crippen molar-refractivity contribution in [1.29, 1.82) is 0 Å². The van der Waals surface area contributed by atoms with E-state index in [1.807, 2.05) is 0 Å². The fraction of sp³-hybridized carbons (Fsp3) is 0.450. The highest BCUT2D eigenvalue weighted by molar-refractivity contribution is 6.14. The maximum Gasteiger partial charge on any atom is 0.338 e. The molecule has 0 amide bonds. The monoisotopic (exact) mass is 420 g/mol. The minimum Gasteiger partial charge on any atom is -0.466 e. The van der Waals surface area contributed by atoms with Gasteiger partial charge in [-0.1, -0.05) is 0 Å².